The van der Waals surface area contributed by atoms with E-state index in [9.17, 15) is 0 Å². The zero-order valence-electron chi connectivity index (χ0n) is 15.6. The highest BCUT2D eigenvalue weighted by atomic mass is 16.5. The molecular weight excluding hydrogens is 372 g/mol. The zero-order chi connectivity index (χ0) is 19.6. The van der Waals surface area contributed by atoms with Gasteiger partial charge in [-0.3, -0.25) is 0 Å². The second-order valence-electron chi connectivity index (χ2n) is 6.78. The largest absolute Gasteiger partial charge is 0.461 e. The molecule has 10 nitrogen and oxygen atoms in total. The van der Waals surface area contributed by atoms with Crippen LogP contribution in [0, 0.1) is 0 Å². The van der Waals surface area contributed by atoms with E-state index in [1.165, 1.54) is 10.1 Å². The molecule has 0 radical (unpaired) electrons. The van der Waals surface area contributed by atoms with Gasteiger partial charge >= 0.3 is 0 Å². The lowest BCUT2D eigenvalue weighted by Gasteiger charge is -2.27. The molecule has 0 spiro atoms. The summed E-state index contributed by atoms with van der Waals surface area (Å²) in [6, 6.07) is 12.4. The van der Waals surface area contributed by atoms with E-state index in [4.69, 9.17) is 14.9 Å². The fourth-order valence-corrected chi connectivity index (χ4v) is 3.04. The third kappa shape index (κ3) is 3.69. The van der Waals surface area contributed by atoms with E-state index in [0.29, 0.717) is 35.9 Å². The van der Waals surface area contributed by atoms with Gasteiger partial charge in [-0.05, 0) is 36.2 Å². The standard InChI is InChI=1S/C19H20N8O2/c20-17-24-18(25-19-23-16(26-27(17)19)15-2-1-9-29-15)21-8-7-12-3-5-13(6-4-12)22-14-10-28-11-14/h1-6,9,14,22H,7-8,10-11H2,(H3,20,21,23,24,25,26). The van der Waals surface area contributed by atoms with E-state index in [1.807, 2.05) is 0 Å². The molecule has 0 bridgehead atoms. The number of hydrogen-bond acceptors (Lipinski definition) is 9. The van der Waals surface area contributed by atoms with Gasteiger partial charge in [0.15, 0.2) is 5.76 Å². The summed E-state index contributed by atoms with van der Waals surface area (Å²) in [4.78, 5) is 13.0. The summed E-state index contributed by atoms with van der Waals surface area (Å²) in [6.07, 6.45) is 2.39. The average molecular weight is 392 g/mol. The maximum absolute atomic E-state index is 6.00. The fraction of sp³-hybridized carbons (Fsp3) is 0.263. The van der Waals surface area contributed by atoms with Gasteiger partial charge in [0, 0.05) is 12.2 Å². The summed E-state index contributed by atoms with van der Waals surface area (Å²) in [5.41, 5.74) is 8.32. The number of aromatic nitrogens is 5. The van der Waals surface area contributed by atoms with Gasteiger partial charge in [-0.1, -0.05) is 12.1 Å². The van der Waals surface area contributed by atoms with Crippen LogP contribution in [0.15, 0.2) is 47.1 Å². The molecule has 1 aliphatic rings. The quantitative estimate of drug-likeness (QED) is 0.431. The van der Waals surface area contributed by atoms with Gasteiger partial charge in [-0.25, -0.2) is 0 Å². The van der Waals surface area contributed by atoms with Crippen molar-refractivity contribution < 1.29 is 9.15 Å². The molecule has 0 amide bonds. The van der Waals surface area contributed by atoms with Crippen LogP contribution in [0.25, 0.3) is 17.4 Å². The van der Waals surface area contributed by atoms with E-state index in [2.05, 4.69) is 54.9 Å². The van der Waals surface area contributed by atoms with Crippen LogP contribution in [-0.4, -0.2) is 50.4 Å². The number of fused-ring (bicyclic) bond motifs is 1. The predicted octanol–water partition coefficient (Wildman–Crippen LogP) is 1.83. The summed E-state index contributed by atoms with van der Waals surface area (Å²) in [5.74, 6) is 1.94. The molecule has 0 aliphatic carbocycles. The molecule has 1 aromatic carbocycles. The highest BCUT2D eigenvalue weighted by Gasteiger charge is 2.17. The molecule has 4 N–H and O–H groups in total. The number of nitrogens with one attached hydrogen (secondary N) is 2. The van der Waals surface area contributed by atoms with Gasteiger partial charge in [-0.15, -0.1) is 5.10 Å². The third-order valence-electron chi connectivity index (χ3n) is 4.63. The Labute approximate surface area is 166 Å². The number of benzene rings is 1. The first-order chi connectivity index (χ1) is 14.2. The molecule has 1 aliphatic heterocycles. The molecule has 4 heterocycles. The van der Waals surface area contributed by atoms with Crippen molar-refractivity contribution in [2.24, 2.45) is 0 Å². The number of anilines is 3. The zero-order valence-corrected chi connectivity index (χ0v) is 15.6. The van der Waals surface area contributed by atoms with Crippen LogP contribution in [0.2, 0.25) is 0 Å². The van der Waals surface area contributed by atoms with Crippen molar-refractivity contribution in [2.75, 3.05) is 36.1 Å². The van der Waals surface area contributed by atoms with Crippen molar-refractivity contribution in [3.05, 3.63) is 48.2 Å². The Morgan fingerprint density at radius 3 is 2.69 bits per heavy atom. The summed E-state index contributed by atoms with van der Waals surface area (Å²) >= 11 is 0. The highest BCUT2D eigenvalue weighted by molar-refractivity contribution is 5.52. The number of furan rings is 1. The molecule has 0 saturated carbocycles. The second-order valence-corrected chi connectivity index (χ2v) is 6.78. The maximum Gasteiger partial charge on any atom is 0.259 e. The van der Waals surface area contributed by atoms with Crippen LogP contribution in [0.5, 0.6) is 0 Å². The first kappa shape index (κ1) is 17.4. The number of ether oxygens (including phenoxy) is 1. The highest BCUT2D eigenvalue weighted by Crippen LogP contribution is 2.18. The van der Waals surface area contributed by atoms with Crippen molar-refractivity contribution in [1.29, 1.82) is 0 Å². The molecular formula is C19H20N8O2. The van der Waals surface area contributed by atoms with Crippen LogP contribution >= 0.6 is 0 Å². The average Bonchev–Trinajstić information content (AvgIpc) is 3.35. The van der Waals surface area contributed by atoms with Crippen LogP contribution in [0.1, 0.15) is 5.56 Å². The minimum absolute atomic E-state index is 0.207. The lowest BCUT2D eigenvalue weighted by molar-refractivity contribution is 0.0211. The van der Waals surface area contributed by atoms with Crippen molar-refractivity contribution in [2.45, 2.75) is 12.5 Å². The lowest BCUT2D eigenvalue weighted by Crippen LogP contribution is -2.40. The van der Waals surface area contributed by atoms with Crippen LogP contribution in [0.4, 0.5) is 17.6 Å². The summed E-state index contributed by atoms with van der Waals surface area (Å²) < 4.78 is 11.9. The van der Waals surface area contributed by atoms with Gasteiger partial charge in [-0.2, -0.15) is 19.5 Å². The Bertz CT molecular complexity index is 1100. The van der Waals surface area contributed by atoms with Gasteiger partial charge in [0.1, 0.15) is 0 Å². The summed E-state index contributed by atoms with van der Waals surface area (Å²) in [7, 11) is 0. The first-order valence-corrected chi connectivity index (χ1v) is 9.36. The first-order valence-electron chi connectivity index (χ1n) is 9.36. The predicted molar refractivity (Wildman–Crippen MR) is 108 cm³/mol. The lowest BCUT2D eigenvalue weighted by atomic mass is 10.1. The molecule has 1 fully saturated rings. The molecule has 29 heavy (non-hydrogen) atoms. The maximum atomic E-state index is 6.00. The van der Waals surface area contributed by atoms with Gasteiger partial charge < -0.3 is 25.5 Å². The van der Waals surface area contributed by atoms with E-state index in [1.54, 1.807) is 18.4 Å². The van der Waals surface area contributed by atoms with Gasteiger partial charge in [0.2, 0.25) is 17.7 Å². The minimum atomic E-state index is 0.207. The van der Waals surface area contributed by atoms with Crippen molar-refractivity contribution in [1.82, 2.24) is 24.6 Å². The molecule has 3 aromatic heterocycles. The Kier molecular flexibility index (Phi) is 4.45. The Morgan fingerprint density at radius 2 is 1.97 bits per heavy atom. The van der Waals surface area contributed by atoms with E-state index in [-0.39, 0.29) is 5.95 Å². The number of nitrogen functional groups attached to an aromatic ring is 1. The molecule has 0 atom stereocenters. The molecule has 0 unspecified atom stereocenters. The van der Waals surface area contributed by atoms with Gasteiger partial charge in [0.25, 0.3) is 5.78 Å². The molecule has 10 heteroatoms. The molecule has 1 saturated heterocycles. The van der Waals surface area contributed by atoms with Crippen LogP contribution in [-0.2, 0) is 11.2 Å². The Hall–Kier alpha value is -3.66. The topological polar surface area (TPSA) is 128 Å². The smallest absolute Gasteiger partial charge is 0.259 e. The monoisotopic (exact) mass is 392 g/mol. The fourth-order valence-electron chi connectivity index (χ4n) is 3.04. The van der Waals surface area contributed by atoms with E-state index < -0.39 is 0 Å². The summed E-state index contributed by atoms with van der Waals surface area (Å²) in [6.45, 7) is 2.21. The number of nitrogens with two attached hydrogens (primary N) is 1. The normalized spacial score (nSPS) is 14.1. The summed E-state index contributed by atoms with van der Waals surface area (Å²) in [5, 5.41) is 10.9. The second kappa shape index (κ2) is 7.40. The van der Waals surface area contributed by atoms with Crippen LogP contribution < -0.4 is 16.4 Å². The van der Waals surface area contributed by atoms with E-state index >= 15 is 0 Å². The number of hydrogen-bond donors (Lipinski definition) is 3. The molecule has 4 aromatic rings. The Balaban J connectivity index is 1.22. The SMILES string of the molecule is Nc1nc(NCCc2ccc(NC3COC3)cc2)nc2nc(-c3ccco3)nn12. The van der Waals surface area contributed by atoms with Gasteiger partial charge in [0.05, 0.1) is 25.5 Å². The van der Waals surface area contributed by atoms with E-state index in [0.717, 1.165) is 25.3 Å². The van der Waals surface area contributed by atoms with Crippen molar-refractivity contribution in [3.8, 4) is 11.6 Å². The molecule has 148 valence electrons. The van der Waals surface area contributed by atoms with Crippen LogP contribution in [0.3, 0.4) is 0 Å². The Morgan fingerprint density at radius 1 is 1.10 bits per heavy atom. The van der Waals surface area contributed by atoms with Crippen molar-refractivity contribution in [3.63, 3.8) is 0 Å². The van der Waals surface area contributed by atoms with Crippen molar-refractivity contribution >= 4 is 23.4 Å². The number of rotatable bonds is 7. The minimum Gasteiger partial charge on any atom is -0.461 e. The molecule has 5 rings (SSSR count). The number of nitrogens with zero attached hydrogens (tertiary/aromatic N) is 5. The third-order valence-corrected chi connectivity index (χ3v) is 4.63.